The van der Waals surface area contributed by atoms with Gasteiger partial charge >= 0.3 is 6.01 Å². The second kappa shape index (κ2) is 11.8. The number of hydrogen-bond acceptors (Lipinski definition) is 11. The molecule has 0 radical (unpaired) electrons. The number of aromatic nitrogens is 3. The van der Waals surface area contributed by atoms with E-state index < -0.39 is 11.6 Å². The van der Waals surface area contributed by atoms with E-state index in [1.807, 2.05) is 13.1 Å². The number of pyridine rings is 1. The van der Waals surface area contributed by atoms with Crippen LogP contribution < -0.4 is 25.8 Å². The van der Waals surface area contributed by atoms with E-state index in [9.17, 15) is 14.4 Å². The number of thiophene rings is 1. The highest BCUT2D eigenvalue weighted by Gasteiger charge is 2.51. The number of amides is 1. The molecule has 5 atom stereocenters. The molecule has 2 aliphatic carbocycles. The Bertz CT molecular complexity index is 1950. The summed E-state index contributed by atoms with van der Waals surface area (Å²) in [6.07, 6.45) is 7.57. The number of ether oxygens (including phenoxy) is 2. The fourth-order valence-corrected chi connectivity index (χ4v) is 8.04. The summed E-state index contributed by atoms with van der Waals surface area (Å²) in [6.45, 7) is 1.29. The number of rotatable bonds is 9. The van der Waals surface area contributed by atoms with Crippen LogP contribution in [0.3, 0.4) is 0 Å². The second-order valence-corrected chi connectivity index (χ2v) is 14.2. The lowest BCUT2D eigenvalue weighted by atomic mass is 10.0. The molecular formula is C33H34F2N8O3S. The van der Waals surface area contributed by atoms with Crippen molar-refractivity contribution < 1.29 is 23.0 Å². The van der Waals surface area contributed by atoms with Gasteiger partial charge in [0.2, 0.25) is 11.8 Å². The van der Waals surface area contributed by atoms with Crippen LogP contribution in [0.25, 0.3) is 32.2 Å². The van der Waals surface area contributed by atoms with Crippen LogP contribution in [-0.2, 0) is 4.79 Å². The number of nitrogens with one attached hydrogen (secondary N) is 2. The van der Waals surface area contributed by atoms with Crippen molar-refractivity contribution in [2.75, 3.05) is 25.9 Å². The van der Waals surface area contributed by atoms with Crippen molar-refractivity contribution in [3.8, 4) is 29.2 Å². The lowest BCUT2D eigenvalue weighted by Gasteiger charge is -2.20. The van der Waals surface area contributed by atoms with Gasteiger partial charge in [0.15, 0.2) is 5.82 Å². The lowest BCUT2D eigenvalue weighted by molar-refractivity contribution is -0.121. The standard InChI is InChI=1S/C33H34F2N8O3S/c1-43-10-2-3-17(43)14-45-33-41-27-21(13-38-26(24(27)35)19-8-9-22(34)29-23(19)20(12-36)30(37)47-29)32(42-33)46-18-7-6-16(11-18)39-31(44)28-25(40-28)15-4-5-15/h8-9,13,15-18,25,28,40H,2-7,10-11,14,37H2,1H3,(H,39,44)/t16-,17-,18+,25-,28+/m0/s1. The number of carbonyl (C=O) groups excluding carboxylic acids is 1. The fraction of sp³-hybridized carbons (Fsp3) is 0.485. The highest BCUT2D eigenvalue weighted by atomic mass is 32.1. The summed E-state index contributed by atoms with van der Waals surface area (Å²) in [7, 11) is 2.03. The van der Waals surface area contributed by atoms with E-state index in [0.717, 1.165) is 37.1 Å². The van der Waals surface area contributed by atoms with Crippen LogP contribution in [0, 0.1) is 28.9 Å². The van der Waals surface area contributed by atoms with Gasteiger partial charge in [-0.25, -0.2) is 8.78 Å². The first-order valence-corrected chi connectivity index (χ1v) is 16.9. The Morgan fingerprint density at radius 3 is 2.85 bits per heavy atom. The summed E-state index contributed by atoms with van der Waals surface area (Å²) in [5.41, 5.74) is 6.15. The number of halogens is 2. The van der Waals surface area contributed by atoms with E-state index in [1.165, 1.54) is 31.2 Å². The van der Waals surface area contributed by atoms with Crippen molar-refractivity contribution in [3.63, 3.8) is 0 Å². The number of nitrogens with two attached hydrogens (primary N) is 1. The summed E-state index contributed by atoms with van der Waals surface area (Å²) in [4.78, 5) is 28.4. The number of anilines is 1. The minimum atomic E-state index is -0.780. The molecule has 5 heterocycles. The van der Waals surface area contributed by atoms with Crippen LogP contribution in [-0.4, -0.2) is 76.2 Å². The van der Waals surface area contributed by atoms with Crippen LogP contribution >= 0.6 is 11.3 Å². The van der Waals surface area contributed by atoms with Crippen molar-refractivity contribution in [1.82, 2.24) is 30.5 Å². The molecule has 1 aromatic carbocycles. The molecule has 14 heteroatoms. The fourth-order valence-electron chi connectivity index (χ4n) is 7.09. The number of likely N-dealkylation sites (N-methyl/N-ethyl adjacent to an activating group) is 1. The third kappa shape index (κ3) is 5.60. The number of fused-ring (bicyclic) bond motifs is 2. The zero-order valence-electron chi connectivity index (χ0n) is 25.8. The van der Waals surface area contributed by atoms with Crippen molar-refractivity contribution in [2.24, 2.45) is 5.92 Å². The van der Waals surface area contributed by atoms with E-state index in [-0.39, 0.29) is 84.8 Å². The first-order valence-electron chi connectivity index (χ1n) is 16.1. The van der Waals surface area contributed by atoms with Crippen LogP contribution in [0.15, 0.2) is 18.3 Å². The van der Waals surface area contributed by atoms with E-state index in [0.29, 0.717) is 31.4 Å². The Hall–Kier alpha value is -4.19. The minimum Gasteiger partial charge on any atom is -0.474 e. The molecule has 2 saturated carbocycles. The Kier molecular flexibility index (Phi) is 7.57. The molecule has 3 aromatic heterocycles. The van der Waals surface area contributed by atoms with Crippen molar-refractivity contribution in [1.29, 1.82) is 5.26 Å². The van der Waals surface area contributed by atoms with Gasteiger partial charge in [-0.2, -0.15) is 15.2 Å². The van der Waals surface area contributed by atoms with Crippen LogP contribution in [0.1, 0.15) is 50.5 Å². The molecular weight excluding hydrogens is 626 g/mol. The van der Waals surface area contributed by atoms with E-state index in [4.69, 9.17) is 15.2 Å². The average Bonchev–Trinajstić information content (AvgIpc) is 3.94. The average molecular weight is 661 g/mol. The zero-order valence-corrected chi connectivity index (χ0v) is 26.6. The van der Waals surface area contributed by atoms with Gasteiger partial charge in [0, 0.05) is 41.7 Å². The first kappa shape index (κ1) is 30.2. The summed E-state index contributed by atoms with van der Waals surface area (Å²) >= 11 is 0.933. The molecule has 0 bridgehead atoms. The number of nitrogens with zero attached hydrogens (tertiary/aromatic N) is 5. The number of hydrogen-bond donors (Lipinski definition) is 3. The Morgan fingerprint density at radius 2 is 2.09 bits per heavy atom. The molecule has 2 saturated heterocycles. The molecule has 4 aliphatic rings. The quantitative estimate of drug-likeness (QED) is 0.221. The van der Waals surface area contributed by atoms with Crippen molar-refractivity contribution in [3.05, 3.63) is 35.5 Å². The highest BCUT2D eigenvalue weighted by Crippen LogP contribution is 2.43. The highest BCUT2D eigenvalue weighted by molar-refractivity contribution is 7.23. The maximum absolute atomic E-state index is 16.6. The topological polar surface area (TPSA) is 161 Å². The molecule has 244 valence electrons. The number of carbonyl (C=O) groups is 1. The molecule has 4 N–H and O–H groups in total. The predicted molar refractivity (Wildman–Crippen MR) is 172 cm³/mol. The zero-order chi connectivity index (χ0) is 32.4. The van der Waals surface area contributed by atoms with Crippen LogP contribution in [0.2, 0.25) is 0 Å². The SMILES string of the molecule is CN1CCC[C@H]1COc1nc(O[C@@H]2CC[C@H](NC(=O)[C@@H]3N[C@H]3C3CC3)C2)c2cnc(-c3ccc(F)c4sc(N)c(C#N)c34)c(F)c2n1. The van der Waals surface area contributed by atoms with Gasteiger partial charge in [-0.15, -0.1) is 11.3 Å². The van der Waals surface area contributed by atoms with Gasteiger partial charge in [0.05, 0.1) is 15.6 Å². The molecule has 0 unspecified atom stereocenters. The monoisotopic (exact) mass is 660 g/mol. The largest absolute Gasteiger partial charge is 0.474 e. The van der Waals surface area contributed by atoms with Gasteiger partial charge in [-0.3, -0.25) is 15.1 Å². The van der Waals surface area contributed by atoms with Crippen LogP contribution in [0.4, 0.5) is 13.8 Å². The first-order chi connectivity index (χ1) is 22.8. The van der Waals surface area contributed by atoms with Gasteiger partial charge in [0.25, 0.3) is 0 Å². The third-order valence-corrected chi connectivity index (χ3v) is 11.0. The van der Waals surface area contributed by atoms with Gasteiger partial charge in [0.1, 0.15) is 46.9 Å². The van der Waals surface area contributed by atoms with E-state index in [2.05, 4.69) is 30.5 Å². The number of nitriles is 1. The Morgan fingerprint density at radius 1 is 1.23 bits per heavy atom. The molecule has 0 spiro atoms. The normalized spacial score (nSPS) is 25.7. The molecule has 1 amide bonds. The van der Waals surface area contributed by atoms with E-state index in [1.54, 1.807) is 0 Å². The summed E-state index contributed by atoms with van der Waals surface area (Å²) in [6, 6.07) is 4.94. The minimum absolute atomic E-state index is 0.0284. The van der Waals surface area contributed by atoms with Gasteiger partial charge in [-0.05, 0) is 70.2 Å². The maximum atomic E-state index is 16.6. The molecule has 11 nitrogen and oxygen atoms in total. The molecule has 47 heavy (non-hydrogen) atoms. The Balaban J connectivity index is 1.11. The van der Waals surface area contributed by atoms with Crippen molar-refractivity contribution in [2.45, 2.75) is 75.2 Å². The molecule has 4 aromatic rings. The van der Waals surface area contributed by atoms with Gasteiger partial charge in [-0.1, -0.05) is 0 Å². The maximum Gasteiger partial charge on any atom is 0.320 e. The number of likely N-dealkylation sites (tertiary alicyclic amines) is 1. The van der Waals surface area contributed by atoms with Gasteiger partial charge < -0.3 is 25.4 Å². The predicted octanol–water partition coefficient (Wildman–Crippen LogP) is 4.28. The number of nitrogen functional groups attached to an aromatic ring is 1. The molecule has 8 rings (SSSR count). The summed E-state index contributed by atoms with van der Waals surface area (Å²) in [5, 5.41) is 16.8. The van der Waals surface area contributed by atoms with Crippen LogP contribution in [0.5, 0.6) is 11.9 Å². The lowest BCUT2D eigenvalue weighted by Crippen LogP contribution is -2.38. The van der Waals surface area contributed by atoms with E-state index >= 15 is 4.39 Å². The van der Waals surface area contributed by atoms with Crippen molar-refractivity contribution >= 4 is 43.2 Å². The Labute approximate surface area is 273 Å². The molecule has 2 aliphatic heterocycles. The molecule has 4 fully saturated rings. The smallest absolute Gasteiger partial charge is 0.320 e. The summed E-state index contributed by atoms with van der Waals surface area (Å²) < 4.78 is 43.9. The summed E-state index contributed by atoms with van der Waals surface area (Å²) in [5.74, 6) is -0.538. The third-order valence-electron chi connectivity index (χ3n) is 9.93. The second-order valence-electron chi connectivity index (χ2n) is 13.1. The number of benzene rings is 1.